The first-order chi connectivity index (χ1) is 8.19. The second kappa shape index (κ2) is 7.14. The highest BCUT2D eigenvalue weighted by molar-refractivity contribution is 6.31. The Labute approximate surface area is 106 Å². The van der Waals surface area contributed by atoms with E-state index in [1.807, 2.05) is 0 Å². The molecule has 0 saturated heterocycles. The fourth-order valence-electron chi connectivity index (χ4n) is 1.44. The Morgan fingerprint density at radius 2 is 2.24 bits per heavy atom. The minimum atomic E-state index is -0.132. The van der Waals surface area contributed by atoms with Gasteiger partial charge in [0.15, 0.2) is 0 Å². The van der Waals surface area contributed by atoms with Gasteiger partial charge in [-0.1, -0.05) is 11.6 Å². The van der Waals surface area contributed by atoms with Crippen LogP contribution in [0.25, 0.3) is 0 Å². The summed E-state index contributed by atoms with van der Waals surface area (Å²) >= 11 is 5.87. The van der Waals surface area contributed by atoms with Gasteiger partial charge in [0, 0.05) is 38.0 Å². The predicted octanol–water partition coefficient (Wildman–Crippen LogP) is 2.15. The van der Waals surface area contributed by atoms with Crippen molar-refractivity contribution in [3.8, 4) is 0 Å². The van der Waals surface area contributed by atoms with E-state index in [-0.39, 0.29) is 5.91 Å². The quantitative estimate of drug-likeness (QED) is 0.767. The van der Waals surface area contributed by atoms with Gasteiger partial charge >= 0.3 is 0 Å². The van der Waals surface area contributed by atoms with E-state index in [0.29, 0.717) is 23.7 Å². The van der Waals surface area contributed by atoms with Crippen molar-refractivity contribution in [3.05, 3.63) is 28.8 Å². The SMILES string of the molecule is CNc1ccc(Cl)cc1C(=O)NCCCOC. The van der Waals surface area contributed by atoms with Gasteiger partial charge in [0.2, 0.25) is 0 Å². The molecule has 0 aliphatic carbocycles. The molecule has 0 atom stereocenters. The lowest BCUT2D eigenvalue weighted by Gasteiger charge is -2.10. The second-order valence-corrected chi connectivity index (χ2v) is 3.98. The van der Waals surface area contributed by atoms with Crippen LogP contribution in [0.15, 0.2) is 18.2 Å². The van der Waals surface area contributed by atoms with Gasteiger partial charge < -0.3 is 15.4 Å². The van der Waals surface area contributed by atoms with Crippen molar-refractivity contribution in [2.24, 2.45) is 0 Å². The number of nitrogens with one attached hydrogen (secondary N) is 2. The Morgan fingerprint density at radius 3 is 2.88 bits per heavy atom. The van der Waals surface area contributed by atoms with Crippen LogP contribution < -0.4 is 10.6 Å². The summed E-state index contributed by atoms with van der Waals surface area (Å²) in [6.07, 6.45) is 0.789. The van der Waals surface area contributed by atoms with Crippen molar-refractivity contribution < 1.29 is 9.53 Å². The van der Waals surface area contributed by atoms with Crippen molar-refractivity contribution in [2.75, 3.05) is 32.6 Å². The summed E-state index contributed by atoms with van der Waals surface area (Å²) < 4.78 is 4.91. The molecule has 5 heteroatoms. The molecule has 2 N–H and O–H groups in total. The second-order valence-electron chi connectivity index (χ2n) is 3.54. The zero-order chi connectivity index (χ0) is 12.7. The van der Waals surface area contributed by atoms with E-state index in [1.54, 1.807) is 32.4 Å². The van der Waals surface area contributed by atoms with Crippen LogP contribution in [0, 0.1) is 0 Å². The molecule has 17 heavy (non-hydrogen) atoms. The third kappa shape index (κ3) is 4.24. The highest BCUT2D eigenvalue weighted by Gasteiger charge is 2.10. The number of amides is 1. The minimum absolute atomic E-state index is 0.132. The fourth-order valence-corrected chi connectivity index (χ4v) is 1.61. The molecule has 1 amide bonds. The molecule has 1 aromatic rings. The topological polar surface area (TPSA) is 50.4 Å². The van der Waals surface area contributed by atoms with Gasteiger partial charge in [-0.3, -0.25) is 4.79 Å². The third-order valence-electron chi connectivity index (χ3n) is 2.31. The molecular formula is C12H17ClN2O2. The van der Waals surface area contributed by atoms with Gasteiger partial charge in [0.25, 0.3) is 5.91 Å². The number of ether oxygens (including phenoxy) is 1. The molecular weight excluding hydrogens is 240 g/mol. The highest BCUT2D eigenvalue weighted by atomic mass is 35.5. The maximum atomic E-state index is 11.9. The van der Waals surface area contributed by atoms with Gasteiger partial charge in [0.05, 0.1) is 5.56 Å². The molecule has 0 aromatic heterocycles. The number of carbonyl (C=O) groups excluding carboxylic acids is 1. The van der Waals surface area contributed by atoms with Crippen LogP contribution in [0.4, 0.5) is 5.69 Å². The van der Waals surface area contributed by atoms with Crippen molar-refractivity contribution in [1.82, 2.24) is 5.32 Å². The Morgan fingerprint density at radius 1 is 1.47 bits per heavy atom. The number of hydrogen-bond donors (Lipinski definition) is 2. The van der Waals surface area contributed by atoms with E-state index < -0.39 is 0 Å². The lowest BCUT2D eigenvalue weighted by atomic mass is 10.1. The molecule has 0 bridgehead atoms. The Hall–Kier alpha value is -1.26. The number of carbonyl (C=O) groups is 1. The van der Waals surface area contributed by atoms with Gasteiger partial charge in [-0.2, -0.15) is 0 Å². The summed E-state index contributed by atoms with van der Waals surface area (Å²) in [7, 11) is 3.41. The predicted molar refractivity (Wildman–Crippen MR) is 69.8 cm³/mol. The molecule has 0 unspecified atom stereocenters. The number of methoxy groups -OCH3 is 1. The van der Waals surface area contributed by atoms with Crippen molar-refractivity contribution in [1.29, 1.82) is 0 Å². The number of halogens is 1. The van der Waals surface area contributed by atoms with Crippen molar-refractivity contribution in [3.63, 3.8) is 0 Å². The number of hydrogen-bond acceptors (Lipinski definition) is 3. The Bertz CT molecular complexity index is 383. The molecule has 0 saturated carbocycles. The summed E-state index contributed by atoms with van der Waals surface area (Å²) in [4.78, 5) is 11.9. The Balaban J connectivity index is 2.64. The third-order valence-corrected chi connectivity index (χ3v) is 2.54. The lowest BCUT2D eigenvalue weighted by Crippen LogP contribution is -2.26. The van der Waals surface area contributed by atoms with Crippen LogP contribution in [0.2, 0.25) is 5.02 Å². The van der Waals surface area contributed by atoms with Gasteiger partial charge in [-0.05, 0) is 24.6 Å². The first kappa shape index (κ1) is 13.8. The summed E-state index contributed by atoms with van der Waals surface area (Å²) in [6.45, 7) is 1.22. The van der Waals surface area contributed by atoms with Crippen LogP contribution in [0.1, 0.15) is 16.8 Å². The van der Waals surface area contributed by atoms with Crippen molar-refractivity contribution in [2.45, 2.75) is 6.42 Å². The molecule has 0 heterocycles. The number of rotatable bonds is 6. The largest absolute Gasteiger partial charge is 0.387 e. The van der Waals surface area contributed by atoms with Gasteiger partial charge in [-0.15, -0.1) is 0 Å². The number of benzene rings is 1. The van der Waals surface area contributed by atoms with Crippen LogP contribution >= 0.6 is 11.6 Å². The summed E-state index contributed by atoms with van der Waals surface area (Å²) in [5.74, 6) is -0.132. The van der Waals surface area contributed by atoms with Crippen LogP contribution in [0.5, 0.6) is 0 Å². The molecule has 1 aromatic carbocycles. The molecule has 0 aliphatic rings. The maximum absolute atomic E-state index is 11.9. The molecule has 1 rings (SSSR count). The van der Waals surface area contributed by atoms with E-state index in [0.717, 1.165) is 12.1 Å². The normalized spacial score (nSPS) is 10.1. The zero-order valence-corrected chi connectivity index (χ0v) is 10.8. The standard InChI is InChI=1S/C12H17ClN2O2/c1-14-11-5-4-9(13)8-10(11)12(16)15-6-3-7-17-2/h4-5,8,14H,3,6-7H2,1-2H3,(H,15,16). The van der Waals surface area contributed by atoms with Gasteiger partial charge in [-0.25, -0.2) is 0 Å². The first-order valence-corrected chi connectivity index (χ1v) is 5.81. The molecule has 0 fully saturated rings. The average Bonchev–Trinajstić information content (AvgIpc) is 2.34. The van der Waals surface area contributed by atoms with Crippen LogP contribution in [-0.2, 0) is 4.74 Å². The Kier molecular flexibility index (Phi) is 5.80. The maximum Gasteiger partial charge on any atom is 0.253 e. The summed E-state index contributed by atoms with van der Waals surface area (Å²) in [6, 6.07) is 5.18. The smallest absolute Gasteiger partial charge is 0.253 e. The highest BCUT2D eigenvalue weighted by Crippen LogP contribution is 2.20. The van der Waals surface area contributed by atoms with E-state index in [9.17, 15) is 4.79 Å². The molecule has 94 valence electrons. The molecule has 4 nitrogen and oxygen atoms in total. The van der Waals surface area contributed by atoms with E-state index in [2.05, 4.69) is 10.6 Å². The fraction of sp³-hybridized carbons (Fsp3) is 0.417. The molecule has 0 spiro atoms. The van der Waals surface area contributed by atoms with Gasteiger partial charge in [0.1, 0.15) is 0 Å². The summed E-state index contributed by atoms with van der Waals surface area (Å²) in [5, 5.41) is 6.33. The lowest BCUT2D eigenvalue weighted by molar-refractivity contribution is 0.0949. The first-order valence-electron chi connectivity index (χ1n) is 5.43. The number of anilines is 1. The van der Waals surface area contributed by atoms with Crippen LogP contribution in [-0.4, -0.2) is 33.2 Å². The van der Waals surface area contributed by atoms with E-state index in [1.165, 1.54) is 0 Å². The van der Waals surface area contributed by atoms with Crippen molar-refractivity contribution >= 4 is 23.2 Å². The average molecular weight is 257 g/mol. The van der Waals surface area contributed by atoms with Crippen LogP contribution in [0.3, 0.4) is 0 Å². The summed E-state index contributed by atoms with van der Waals surface area (Å²) in [5.41, 5.74) is 1.32. The molecule has 0 aliphatic heterocycles. The molecule has 0 radical (unpaired) electrons. The van der Waals surface area contributed by atoms with E-state index >= 15 is 0 Å². The monoisotopic (exact) mass is 256 g/mol. The minimum Gasteiger partial charge on any atom is -0.387 e. The zero-order valence-electron chi connectivity index (χ0n) is 10.0. The van der Waals surface area contributed by atoms with E-state index in [4.69, 9.17) is 16.3 Å².